The summed E-state index contributed by atoms with van der Waals surface area (Å²) in [5.41, 5.74) is 1.72. The van der Waals surface area contributed by atoms with E-state index in [1.54, 1.807) is 24.3 Å². The highest BCUT2D eigenvalue weighted by molar-refractivity contribution is 6.39. The third kappa shape index (κ3) is 4.49. The van der Waals surface area contributed by atoms with Crippen LogP contribution in [0.4, 0.5) is 14.9 Å². The number of nitrogens with zero attached hydrogens (tertiary/aromatic N) is 1. The Balaban J connectivity index is 1.68. The number of anilines is 1. The number of imide groups is 2. The molecule has 0 aliphatic carbocycles. The van der Waals surface area contributed by atoms with E-state index >= 15 is 0 Å². The first-order valence-corrected chi connectivity index (χ1v) is 10.3. The van der Waals surface area contributed by atoms with Gasteiger partial charge in [0.1, 0.15) is 17.1 Å². The first-order chi connectivity index (χ1) is 15.9. The van der Waals surface area contributed by atoms with Crippen LogP contribution in [-0.2, 0) is 16.0 Å². The summed E-state index contributed by atoms with van der Waals surface area (Å²) in [5, 5.41) is 2.71. The van der Waals surface area contributed by atoms with Crippen LogP contribution in [0.15, 0.2) is 72.3 Å². The third-order valence-corrected chi connectivity index (χ3v) is 5.52. The predicted molar refractivity (Wildman–Crippen MR) is 123 cm³/mol. The summed E-state index contributed by atoms with van der Waals surface area (Å²) in [4.78, 5) is 38.2. The number of barbiturate groups is 1. The molecular formula is C25H18ClFN2O4. The van der Waals surface area contributed by atoms with E-state index in [2.05, 4.69) is 5.32 Å². The number of amides is 4. The third-order valence-electron chi connectivity index (χ3n) is 5.16. The van der Waals surface area contributed by atoms with Crippen molar-refractivity contribution in [3.63, 3.8) is 0 Å². The van der Waals surface area contributed by atoms with Gasteiger partial charge in [0.25, 0.3) is 11.8 Å². The standard InChI is InChI=1S/C25H18ClFN2O4/c1-33-22-13-15(10-11-17(22)14-16-6-2-3-7-19(16)26)12-18-23(30)28-25(32)29(24(18)31)21-9-5-4-8-20(21)27/h2-13H,14H2,1H3,(H,28,30,32)/b18-12-. The molecule has 3 aromatic rings. The molecule has 1 aliphatic rings. The van der Waals surface area contributed by atoms with Crippen molar-refractivity contribution < 1.29 is 23.5 Å². The molecule has 1 aliphatic heterocycles. The first kappa shape index (κ1) is 22.2. The highest BCUT2D eigenvalue weighted by Gasteiger charge is 2.37. The van der Waals surface area contributed by atoms with Crippen LogP contribution >= 0.6 is 11.6 Å². The van der Waals surface area contributed by atoms with Crippen LogP contribution in [0.25, 0.3) is 6.08 Å². The SMILES string of the molecule is COc1cc(/C=C2/C(=O)NC(=O)N(c3ccccc3F)C2=O)ccc1Cc1ccccc1Cl. The molecule has 0 saturated carbocycles. The lowest BCUT2D eigenvalue weighted by Crippen LogP contribution is -2.54. The summed E-state index contributed by atoms with van der Waals surface area (Å²) < 4.78 is 19.7. The second kappa shape index (κ2) is 9.26. The number of rotatable bonds is 5. The van der Waals surface area contributed by atoms with Crippen molar-refractivity contribution in [2.75, 3.05) is 12.0 Å². The van der Waals surface area contributed by atoms with Gasteiger partial charge in [-0.3, -0.25) is 14.9 Å². The highest BCUT2D eigenvalue weighted by Crippen LogP contribution is 2.28. The summed E-state index contributed by atoms with van der Waals surface area (Å²) in [6, 6.07) is 17.0. The number of hydrogen-bond donors (Lipinski definition) is 1. The number of benzene rings is 3. The summed E-state index contributed by atoms with van der Waals surface area (Å²) in [6.07, 6.45) is 1.86. The molecule has 1 N–H and O–H groups in total. The second-order valence-corrected chi connectivity index (χ2v) is 7.66. The zero-order valence-corrected chi connectivity index (χ0v) is 18.2. The molecule has 0 bridgehead atoms. The smallest absolute Gasteiger partial charge is 0.336 e. The van der Waals surface area contributed by atoms with Gasteiger partial charge in [0.2, 0.25) is 0 Å². The number of urea groups is 1. The van der Waals surface area contributed by atoms with Gasteiger partial charge in [-0.15, -0.1) is 0 Å². The monoisotopic (exact) mass is 464 g/mol. The number of carbonyl (C=O) groups is 3. The lowest BCUT2D eigenvalue weighted by Gasteiger charge is -2.26. The molecular weight excluding hydrogens is 447 g/mol. The summed E-state index contributed by atoms with van der Waals surface area (Å²) >= 11 is 6.26. The van der Waals surface area contributed by atoms with Crippen LogP contribution in [0.1, 0.15) is 16.7 Å². The van der Waals surface area contributed by atoms with Gasteiger partial charge in [-0.25, -0.2) is 14.1 Å². The molecule has 166 valence electrons. The molecule has 6 nitrogen and oxygen atoms in total. The maximum atomic E-state index is 14.2. The number of hydrogen-bond acceptors (Lipinski definition) is 4. The van der Waals surface area contributed by atoms with Crippen LogP contribution in [0, 0.1) is 5.82 Å². The van der Waals surface area contributed by atoms with E-state index in [1.165, 1.54) is 31.4 Å². The molecule has 0 unspecified atom stereocenters. The van der Waals surface area contributed by atoms with Gasteiger partial charge in [-0.2, -0.15) is 0 Å². The van der Waals surface area contributed by atoms with Crippen LogP contribution in [-0.4, -0.2) is 25.0 Å². The van der Waals surface area contributed by atoms with Crippen molar-refractivity contribution in [2.45, 2.75) is 6.42 Å². The zero-order chi connectivity index (χ0) is 23.5. The quantitative estimate of drug-likeness (QED) is 0.437. The number of carbonyl (C=O) groups excluding carboxylic acids is 3. The average molecular weight is 465 g/mol. The lowest BCUT2D eigenvalue weighted by molar-refractivity contribution is -0.122. The Labute approximate surface area is 194 Å². The largest absolute Gasteiger partial charge is 0.496 e. The topological polar surface area (TPSA) is 75.7 Å². The minimum Gasteiger partial charge on any atom is -0.496 e. The molecule has 0 atom stereocenters. The fourth-order valence-corrected chi connectivity index (χ4v) is 3.72. The molecule has 1 fully saturated rings. The van der Waals surface area contributed by atoms with Crippen molar-refractivity contribution in [1.29, 1.82) is 0 Å². The molecule has 0 radical (unpaired) electrons. The summed E-state index contributed by atoms with van der Waals surface area (Å²) in [7, 11) is 1.51. The minimum atomic E-state index is -1.01. The van der Waals surface area contributed by atoms with Crippen LogP contribution in [0.3, 0.4) is 0 Å². The normalized spacial score (nSPS) is 15.1. The Kier molecular flexibility index (Phi) is 6.24. The van der Waals surface area contributed by atoms with Crippen molar-refractivity contribution in [1.82, 2.24) is 5.32 Å². The van der Waals surface area contributed by atoms with E-state index in [9.17, 15) is 18.8 Å². The minimum absolute atomic E-state index is 0.244. The van der Waals surface area contributed by atoms with Gasteiger partial charge in [0.05, 0.1) is 12.8 Å². The average Bonchev–Trinajstić information content (AvgIpc) is 2.80. The molecule has 0 aromatic heterocycles. The number of methoxy groups -OCH3 is 1. The van der Waals surface area contributed by atoms with Gasteiger partial charge >= 0.3 is 6.03 Å². The van der Waals surface area contributed by atoms with Gasteiger partial charge in [0.15, 0.2) is 0 Å². The number of para-hydroxylation sites is 1. The Morgan fingerprint density at radius 2 is 1.73 bits per heavy atom. The van der Waals surface area contributed by atoms with E-state index in [4.69, 9.17) is 16.3 Å². The molecule has 1 saturated heterocycles. The van der Waals surface area contributed by atoms with E-state index in [-0.39, 0.29) is 11.3 Å². The fraction of sp³-hybridized carbons (Fsp3) is 0.0800. The summed E-state index contributed by atoms with van der Waals surface area (Å²) in [6.45, 7) is 0. The van der Waals surface area contributed by atoms with Gasteiger partial charge in [-0.05, 0) is 47.0 Å². The molecule has 3 aromatic carbocycles. The fourth-order valence-electron chi connectivity index (χ4n) is 3.52. The van der Waals surface area contributed by atoms with Crippen molar-refractivity contribution in [3.05, 3.63) is 99.8 Å². The molecule has 4 amide bonds. The van der Waals surface area contributed by atoms with Gasteiger partial charge in [-0.1, -0.05) is 54.1 Å². The van der Waals surface area contributed by atoms with E-state index in [0.717, 1.165) is 17.2 Å². The first-order valence-electron chi connectivity index (χ1n) is 9.95. The Morgan fingerprint density at radius 3 is 2.45 bits per heavy atom. The number of ether oxygens (including phenoxy) is 1. The van der Waals surface area contributed by atoms with Crippen LogP contribution in [0.2, 0.25) is 5.02 Å². The molecule has 8 heteroatoms. The number of halogens is 2. The highest BCUT2D eigenvalue weighted by atomic mass is 35.5. The molecule has 0 spiro atoms. The second-order valence-electron chi connectivity index (χ2n) is 7.25. The van der Waals surface area contributed by atoms with E-state index in [0.29, 0.717) is 27.7 Å². The van der Waals surface area contributed by atoms with E-state index < -0.39 is 23.7 Å². The molecule has 33 heavy (non-hydrogen) atoms. The number of nitrogens with one attached hydrogen (secondary N) is 1. The zero-order valence-electron chi connectivity index (χ0n) is 17.5. The molecule has 4 rings (SSSR count). The maximum Gasteiger partial charge on any atom is 0.336 e. The predicted octanol–water partition coefficient (Wildman–Crippen LogP) is 4.74. The van der Waals surface area contributed by atoms with Crippen LogP contribution in [0.5, 0.6) is 5.75 Å². The Bertz CT molecular complexity index is 1310. The lowest BCUT2D eigenvalue weighted by atomic mass is 10.0. The van der Waals surface area contributed by atoms with E-state index in [1.807, 2.05) is 18.2 Å². The summed E-state index contributed by atoms with van der Waals surface area (Å²) in [5.74, 6) is -2.01. The van der Waals surface area contributed by atoms with Crippen molar-refractivity contribution in [3.8, 4) is 5.75 Å². The van der Waals surface area contributed by atoms with Gasteiger partial charge in [0, 0.05) is 11.4 Å². The maximum absolute atomic E-state index is 14.2. The molecule has 1 heterocycles. The Morgan fingerprint density at radius 1 is 1.00 bits per heavy atom. The Hall–Kier alpha value is -3.97. The van der Waals surface area contributed by atoms with Gasteiger partial charge < -0.3 is 4.74 Å². The van der Waals surface area contributed by atoms with Crippen molar-refractivity contribution in [2.24, 2.45) is 0 Å². The van der Waals surface area contributed by atoms with Crippen LogP contribution < -0.4 is 15.0 Å². The van der Waals surface area contributed by atoms with Crippen molar-refractivity contribution >= 4 is 41.2 Å².